The van der Waals surface area contributed by atoms with Crippen molar-refractivity contribution in [1.82, 2.24) is 25.1 Å². The van der Waals surface area contributed by atoms with E-state index in [1.807, 2.05) is 6.20 Å². The molecule has 2 unspecified atom stereocenters. The predicted octanol–water partition coefficient (Wildman–Crippen LogP) is 1.49. The molecule has 4 rings (SSSR count). The highest BCUT2D eigenvalue weighted by atomic mass is 35.5. The van der Waals surface area contributed by atoms with E-state index in [0.29, 0.717) is 6.61 Å². The molecule has 6 nitrogen and oxygen atoms in total. The van der Waals surface area contributed by atoms with Crippen molar-refractivity contribution >= 4 is 33.2 Å². The van der Waals surface area contributed by atoms with Gasteiger partial charge in [0.25, 0.3) is 0 Å². The Hall–Kier alpha value is -0.830. The zero-order valence-electron chi connectivity index (χ0n) is 12.8. The minimum absolute atomic E-state index is 0.233. The van der Waals surface area contributed by atoms with E-state index in [1.165, 1.54) is 4.88 Å². The van der Waals surface area contributed by atoms with Crippen molar-refractivity contribution < 1.29 is 4.74 Å². The molecule has 2 atom stereocenters. The molecule has 2 fully saturated rings. The third-order valence-electron chi connectivity index (χ3n) is 4.37. The number of alkyl halides is 1. The Morgan fingerprint density at radius 2 is 2.17 bits per heavy atom. The monoisotopic (exact) mass is 353 g/mol. The first-order valence-corrected chi connectivity index (χ1v) is 9.20. The zero-order valence-corrected chi connectivity index (χ0v) is 14.4. The number of ether oxygens (including phenoxy) is 1. The van der Waals surface area contributed by atoms with Crippen LogP contribution < -0.4 is 5.32 Å². The lowest BCUT2D eigenvalue weighted by Crippen LogP contribution is -2.53. The van der Waals surface area contributed by atoms with Gasteiger partial charge in [0.1, 0.15) is 11.9 Å². The van der Waals surface area contributed by atoms with Gasteiger partial charge in [-0.1, -0.05) is 11.6 Å². The van der Waals surface area contributed by atoms with Gasteiger partial charge in [-0.2, -0.15) is 0 Å². The van der Waals surface area contributed by atoms with Crippen molar-refractivity contribution in [3.05, 3.63) is 23.5 Å². The van der Waals surface area contributed by atoms with E-state index in [-0.39, 0.29) is 11.7 Å². The molecule has 23 heavy (non-hydrogen) atoms. The highest BCUT2D eigenvalue weighted by molar-refractivity contribution is 7.19. The third-order valence-corrected chi connectivity index (χ3v) is 5.73. The second-order valence-electron chi connectivity index (χ2n) is 5.86. The van der Waals surface area contributed by atoms with Crippen LogP contribution in [0.25, 0.3) is 10.2 Å². The summed E-state index contributed by atoms with van der Waals surface area (Å²) in [5, 5.41) is 3.43. The third kappa shape index (κ3) is 3.35. The molecule has 2 aliphatic rings. The molecule has 2 aromatic heterocycles. The summed E-state index contributed by atoms with van der Waals surface area (Å²) in [4.78, 5) is 14.8. The molecule has 0 aliphatic carbocycles. The van der Waals surface area contributed by atoms with Crippen molar-refractivity contribution in [2.24, 2.45) is 0 Å². The van der Waals surface area contributed by atoms with Crippen LogP contribution in [0.2, 0.25) is 0 Å². The van der Waals surface area contributed by atoms with Crippen molar-refractivity contribution in [3.63, 3.8) is 0 Å². The molecule has 2 aliphatic heterocycles. The lowest BCUT2D eigenvalue weighted by molar-refractivity contribution is -0.0506. The van der Waals surface area contributed by atoms with Gasteiger partial charge in [0, 0.05) is 50.3 Å². The number of morpholine rings is 1. The number of nitrogens with zero attached hydrogens (tertiary/aromatic N) is 4. The van der Waals surface area contributed by atoms with Gasteiger partial charge in [-0.05, 0) is 6.07 Å². The number of fused-ring (bicyclic) bond motifs is 1. The fourth-order valence-electron chi connectivity index (χ4n) is 3.30. The Morgan fingerprint density at radius 3 is 2.96 bits per heavy atom. The van der Waals surface area contributed by atoms with E-state index in [4.69, 9.17) is 16.3 Å². The first-order valence-electron chi connectivity index (χ1n) is 7.95. The van der Waals surface area contributed by atoms with Gasteiger partial charge in [-0.25, -0.2) is 9.97 Å². The van der Waals surface area contributed by atoms with Crippen LogP contribution in [-0.4, -0.2) is 71.2 Å². The van der Waals surface area contributed by atoms with Gasteiger partial charge in [0.05, 0.1) is 23.0 Å². The van der Waals surface area contributed by atoms with Crippen LogP contribution in [-0.2, 0) is 4.74 Å². The van der Waals surface area contributed by atoms with Crippen LogP contribution in [0, 0.1) is 0 Å². The van der Waals surface area contributed by atoms with Crippen LogP contribution in [0.1, 0.15) is 11.0 Å². The molecule has 2 aromatic rings. The molecule has 0 spiro atoms. The molecule has 1 N–H and O–H groups in total. The second-order valence-corrected chi connectivity index (χ2v) is 7.46. The molecule has 0 bridgehead atoms. The smallest absolute Gasteiger partial charge is 0.143 e. The van der Waals surface area contributed by atoms with E-state index in [9.17, 15) is 0 Å². The van der Waals surface area contributed by atoms with Crippen LogP contribution in [0.15, 0.2) is 18.6 Å². The lowest BCUT2D eigenvalue weighted by Gasteiger charge is -2.43. The summed E-state index contributed by atoms with van der Waals surface area (Å²) in [6.45, 7) is 6.45. The topological polar surface area (TPSA) is 53.5 Å². The number of aromatic nitrogens is 2. The molecular weight excluding hydrogens is 334 g/mol. The average molecular weight is 354 g/mol. The summed E-state index contributed by atoms with van der Waals surface area (Å²) in [5.41, 5.74) is 0.791. The summed E-state index contributed by atoms with van der Waals surface area (Å²) >= 11 is 8.03. The van der Waals surface area contributed by atoms with Crippen molar-refractivity contribution in [2.75, 3.05) is 45.9 Å². The molecule has 0 aromatic carbocycles. The molecule has 124 valence electrons. The maximum Gasteiger partial charge on any atom is 0.143 e. The van der Waals surface area contributed by atoms with E-state index in [2.05, 4.69) is 31.2 Å². The zero-order chi connectivity index (χ0) is 15.6. The highest BCUT2D eigenvalue weighted by Gasteiger charge is 2.32. The Labute approximate surface area is 144 Å². The quantitative estimate of drug-likeness (QED) is 0.844. The van der Waals surface area contributed by atoms with Gasteiger partial charge < -0.3 is 10.1 Å². The molecule has 2 saturated heterocycles. The molecule has 8 heteroatoms. The lowest BCUT2D eigenvalue weighted by atomic mass is 10.2. The number of thiophene rings is 1. The first kappa shape index (κ1) is 15.7. The summed E-state index contributed by atoms with van der Waals surface area (Å²) in [6, 6.07) is 2.20. The summed E-state index contributed by atoms with van der Waals surface area (Å²) in [6.07, 6.45) is 3.75. The van der Waals surface area contributed by atoms with Crippen LogP contribution in [0.5, 0.6) is 0 Å². The standard InChI is InChI=1S/C15H20ClN5OS/c16-14-9-21(5-6-22-14)15(20-3-1-17-2-4-20)12-7-11-13(23-12)8-18-10-19-11/h7-8,10,14-15,17H,1-6,9H2. The number of rotatable bonds is 3. The molecule has 0 saturated carbocycles. The highest BCUT2D eigenvalue weighted by Crippen LogP contribution is 2.35. The number of hydrogen-bond donors (Lipinski definition) is 1. The van der Waals surface area contributed by atoms with E-state index < -0.39 is 0 Å². The van der Waals surface area contributed by atoms with Crippen molar-refractivity contribution in [1.29, 1.82) is 0 Å². The van der Waals surface area contributed by atoms with Gasteiger partial charge in [-0.3, -0.25) is 9.80 Å². The summed E-state index contributed by atoms with van der Waals surface area (Å²) in [7, 11) is 0. The summed E-state index contributed by atoms with van der Waals surface area (Å²) < 4.78 is 6.65. The fraction of sp³-hybridized carbons (Fsp3) is 0.600. The molecule has 0 amide bonds. The SMILES string of the molecule is ClC1CN(C(c2cc3ncncc3s2)N2CCNCC2)CCO1. The maximum atomic E-state index is 6.25. The largest absolute Gasteiger partial charge is 0.360 e. The Balaban J connectivity index is 1.68. The van der Waals surface area contributed by atoms with Crippen LogP contribution in [0.4, 0.5) is 0 Å². The molecule has 0 radical (unpaired) electrons. The number of nitrogens with one attached hydrogen (secondary N) is 1. The summed E-state index contributed by atoms with van der Waals surface area (Å²) in [5.74, 6) is 0. The van der Waals surface area contributed by atoms with Crippen LogP contribution in [0.3, 0.4) is 0 Å². The van der Waals surface area contributed by atoms with Gasteiger partial charge in [0.2, 0.25) is 0 Å². The average Bonchev–Trinajstić information content (AvgIpc) is 2.99. The Morgan fingerprint density at radius 1 is 1.30 bits per heavy atom. The van der Waals surface area contributed by atoms with E-state index >= 15 is 0 Å². The van der Waals surface area contributed by atoms with E-state index in [0.717, 1.165) is 49.5 Å². The minimum atomic E-state index is -0.233. The Kier molecular flexibility index (Phi) is 4.75. The number of hydrogen-bond acceptors (Lipinski definition) is 7. The van der Waals surface area contributed by atoms with Gasteiger partial charge in [0.15, 0.2) is 0 Å². The van der Waals surface area contributed by atoms with Gasteiger partial charge in [-0.15, -0.1) is 11.3 Å². The van der Waals surface area contributed by atoms with Crippen LogP contribution >= 0.6 is 22.9 Å². The number of piperazine rings is 1. The van der Waals surface area contributed by atoms with Gasteiger partial charge >= 0.3 is 0 Å². The van der Waals surface area contributed by atoms with Crippen molar-refractivity contribution in [3.8, 4) is 0 Å². The number of halogens is 1. The fourth-order valence-corrected chi connectivity index (χ4v) is 4.72. The maximum absolute atomic E-state index is 6.25. The molecule has 4 heterocycles. The Bertz CT molecular complexity index is 629. The first-order chi connectivity index (χ1) is 11.3. The minimum Gasteiger partial charge on any atom is -0.360 e. The normalized spacial score (nSPS) is 25.7. The molecular formula is C15H20ClN5OS. The van der Waals surface area contributed by atoms with Crippen molar-refractivity contribution in [2.45, 2.75) is 11.7 Å². The predicted molar refractivity (Wildman–Crippen MR) is 91.8 cm³/mol. The second kappa shape index (κ2) is 6.96. The van der Waals surface area contributed by atoms with E-state index in [1.54, 1.807) is 17.7 Å².